The average molecular weight is 154 g/mol. The molecule has 1 rings (SSSR count). The van der Waals surface area contributed by atoms with Gasteiger partial charge >= 0.3 is 0 Å². The first-order valence-electron chi connectivity index (χ1n) is 2.88. The molecular weight excluding hydrogens is 149 g/mol. The molecule has 1 aromatic carbocycles. The van der Waals surface area contributed by atoms with E-state index in [1.807, 2.05) is 0 Å². The third-order valence-electron chi connectivity index (χ3n) is 1.23. The Hall–Kier alpha value is -1.58. The molecule has 1 aromatic rings. The maximum absolute atomic E-state index is 12.4. The molecule has 0 spiro atoms. The number of halogens is 1. The molecule has 0 unspecified atom stereocenters. The van der Waals surface area contributed by atoms with Gasteiger partial charge in [-0.15, -0.1) is 0 Å². The molecule has 1 radical (unpaired) electrons. The van der Waals surface area contributed by atoms with Crippen LogP contribution in [0.3, 0.4) is 0 Å². The molecule has 0 aliphatic rings. The van der Waals surface area contributed by atoms with E-state index in [4.69, 9.17) is 5.73 Å². The molecule has 0 bridgehead atoms. The number of rotatable bonds is 1. The predicted octanol–water partition coefficient (Wildman–Crippen LogP) is 1.07. The summed E-state index contributed by atoms with van der Waals surface area (Å²) in [6.07, 6.45) is 0. The standard InChI is InChI=1S/C7H5FNO2/c8-5-3-1-2-4(6(5)10)7(9)11/h1-3H,(H2,9,11). The van der Waals surface area contributed by atoms with Crippen molar-refractivity contribution in [2.24, 2.45) is 5.73 Å². The highest BCUT2D eigenvalue weighted by Crippen LogP contribution is 2.20. The second kappa shape index (κ2) is 2.57. The first-order valence-corrected chi connectivity index (χ1v) is 2.88. The fourth-order valence-electron chi connectivity index (χ4n) is 0.703. The molecule has 0 fully saturated rings. The third kappa shape index (κ3) is 1.29. The van der Waals surface area contributed by atoms with E-state index < -0.39 is 17.5 Å². The van der Waals surface area contributed by atoms with Crippen molar-refractivity contribution < 1.29 is 14.3 Å². The quantitative estimate of drug-likeness (QED) is 0.646. The Morgan fingerprint density at radius 3 is 2.55 bits per heavy atom. The lowest BCUT2D eigenvalue weighted by molar-refractivity contribution is 0.0995. The number of para-hydroxylation sites is 1. The molecule has 0 heterocycles. The van der Waals surface area contributed by atoms with Gasteiger partial charge in [0.1, 0.15) is 0 Å². The van der Waals surface area contributed by atoms with Crippen molar-refractivity contribution in [1.29, 1.82) is 0 Å². The SMILES string of the molecule is NC(=O)c1cccc(F)c1[O]. The summed E-state index contributed by atoms with van der Waals surface area (Å²) in [4.78, 5) is 10.4. The van der Waals surface area contributed by atoms with Gasteiger partial charge in [-0.05, 0) is 12.1 Å². The topological polar surface area (TPSA) is 63.0 Å². The Bertz CT molecular complexity index is 298. The molecule has 0 aromatic heterocycles. The summed E-state index contributed by atoms with van der Waals surface area (Å²) in [6.45, 7) is 0. The lowest BCUT2D eigenvalue weighted by atomic mass is 10.2. The molecule has 2 N–H and O–H groups in total. The van der Waals surface area contributed by atoms with Crippen molar-refractivity contribution in [3.05, 3.63) is 29.6 Å². The maximum Gasteiger partial charge on any atom is 0.252 e. The Morgan fingerprint density at radius 2 is 2.09 bits per heavy atom. The number of hydrogen-bond acceptors (Lipinski definition) is 1. The van der Waals surface area contributed by atoms with Gasteiger partial charge < -0.3 is 5.73 Å². The Kier molecular flexibility index (Phi) is 1.76. The molecule has 0 saturated carbocycles. The van der Waals surface area contributed by atoms with E-state index in [0.717, 1.165) is 6.07 Å². The lowest BCUT2D eigenvalue weighted by Gasteiger charge is -1.95. The van der Waals surface area contributed by atoms with E-state index in [0.29, 0.717) is 0 Å². The molecule has 3 nitrogen and oxygen atoms in total. The minimum atomic E-state index is -0.957. The van der Waals surface area contributed by atoms with E-state index in [2.05, 4.69) is 0 Å². The van der Waals surface area contributed by atoms with Gasteiger partial charge in [-0.1, -0.05) is 6.07 Å². The monoisotopic (exact) mass is 154 g/mol. The van der Waals surface area contributed by atoms with Gasteiger partial charge in [-0.25, -0.2) is 4.39 Å². The molecule has 0 aliphatic heterocycles. The highest BCUT2D eigenvalue weighted by Gasteiger charge is 2.12. The number of hydrogen-bond donors (Lipinski definition) is 1. The Morgan fingerprint density at radius 1 is 1.45 bits per heavy atom. The highest BCUT2D eigenvalue weighted by molar-refractivity contribution is 5.95. The van der Waals surface area contributed by atoms with Gasteiger partial charge in [0.05, 0.1) is 5.56 Å². The Labute approximate surface area is 62.3 Å². The van der Waals surface area contributed by atoms with Crippen molar-refractivity contribution in [3.8, 4) is 5.75 Å². The zero-order valence-electron chi connectivity index (χ0n) is 5.50. The van der Waals surface area contributed by atoms with Gasteiger partial charge in [0, 0.05) is 0 Å². The van der Waals surface area contributed by atoms with Crippen LogP contribution in [0.4, 0.5) is 4.39 Å². The molecule has 1 amide bonds. The number of primary amides is 1. The third-order valence-corrected chi connectivity index (χ3v) is 1.23. The van der Waals surface area contributed by atoms with E-state index >= 15 is 0 Å². The number of carbonyl (C=O) groups excluding carboxylic acids is 1. The normalized spacial score (nSPS) is 9.55. The molecule has 11 heavy (non-hydrogen) atoms. The van der Waals surface area contributed by atoms with Crippen molar-refractivity contribution in [2.45, 2.75) is 0 Å². The average Bonchev–Trinajstić information content (AvgIpc) is 1.94. The molecule has 0 atom stereocenters. The summed E-state index contributed by atoms with van der Waals surface area (Å²) in [7, 11) is 0. The van der Waals surface area contributed by atoms with Crippen LogP contribution in [0.5, 0.6) is 5.75 Å². The van der Waals surface area contributed by atoms with Gasteiger partial charge in [-0.3, -0.25) is 9.90 Å². The summed E-state index contributed by atoms with van der Waals surface area (Å²) in [5.74, 6) is -2.81. The molecule has 4 heteroatoms. The zero-order valence-corrected chi connectivity index (χ0v) is 5.50. The summed E-state index contributed by atoms with van der Waals surface area (Å²) >= 11 is 0. The molecule has 0 saturated heterocycles. The van der Waals surface area contributed by atoms with Crippen LogP contribution in [0.25, 0.3) is 0 Å². The van der Waals surface area contributed by atoms with E-state index in [-0.39, 0.29) is 5.56 Å². The number of carbonyl (C=O) groups is 1. The number of nitrogens with two attached hydrogens (primary N) is 1. The molecule has 0 aliphatic carbocycles. The van der Waals surface area contributed by atoms with E-state index in [1.165, 1.54) is 12.1 Å². The molecule has 57 valence electrons. The predicted molar refractivity (Wildman–Crippen MR) is 35.1 cm³/mol. The summed E-state index contributed by atoms with van der Waals surface area (Å²) in [5.41, 5.74) is 4.46. The fraction of sp³-hybridized carbons (Fsp3) is 0. The largest absolute Gasteiger partial charge is 0.365 e. The second-order valence-electron chi connectivity index (χ2n) is 1.98. The van der Waals surface area contributed by atoms with Crippen LogP contribution in [0.1, 0.15) is 10.4 Å². The summed E-state index contributed by atoms with van der Waals surface area (Å²) in [5, 5.41) is 10.7. The zero-order chi connectivity index (χ0) is 8.43. The molecular formula is C7H5FNO2. The van der Waals surface area contributed by atoms with E-state index in [9.17, 15) is 14.3 Å². The van der Waals surface area contributed by atoms with Crippen LogP contribution in [-0.2, 0) is 5.11 Å². The van der Waals surface area contributed by atoms with Crippen LogP contribution in [0.2, 0.25) is 0 Å². The minimum absolute atomic E-state index is 0.315. The second-order valence-corrected chi connectivity index (χ2v) is 1.98. The van der Waals surface area contributed by atoms with Gasteiger partial charge in [0.2, 0.25) is 5.75 Å². The van der Waals surface area contributed by atoms with Crippen molar-refractivity contribution in [2.75, 3.05) is 0 Å². The summed E-state index contributed by atoms with van der Waals surface area (Å²) < 4.78 is 12.4. The minimum Gasteiger partial charge on any atom is -0.365 e. The highest BCUT2D eigenvalue weighted by atomic mass is 19.1. The van der Waals surface area contributed by atoms with Gasteiger partial charge in [-0.2, -0.15) is 0 Å². The van der Waals surface area contributed by atoms with E-state index in [1.54, 1.807) is 0 Å². The first-order chi connectivity index (χ1) is 5.13. The smallest absolute Gasteiger partial charge is 0.252 e. The van der Waals surface area contributed by atoms with Crippen LogP contribution >= 0.6 is 0 Å². The fourth-order valence-corrected chi connectivity index (χ4v) is 0.703. The number of amides is 1. The lowest BCUT2D eigenvalue weighted by Crippen LogP contribution is -2.11. The van der Waals surface area contributed by atoms with Crippen LogP contribution in [0.15, 0.2) is 18.2 Å². The van der Waals surface area contributed by atoms with Crippen LogP contribution in [-0.4, -0.2) is 5.91 Å². The van der Waals surface area contributed by atoms with Crippen LogP contribution < -0.4 is 5.73 Å². The maximum atomic E-state index is 12.4. The van der Waals surface area contributed by atoms with Crippen LogP contribution in [0, 0.1) is 5.82 Å². The van der Waals surface area contributed by atoms with Crippen molar-refractivity contribution in [1.82, 2.24) is 0 Å². The van der Waals surface area contributed by atoms with Gasteiger partial charge in [0.25, 0.3) is 5.91 Å². The Balaban J connectivity index is 3.27. The summed E-state index contributed by atoms with van der Waals surface area (Å²) in [6, 6.07) is 3.43. The van der Waals surface area contributed by atoms with Gasteiger partial charge in [0.15, 0.2) is 5.82 Å². The van der Waals surface area contributed by atoms with Crippen molar-refractivity contribution in [3.63, 3.8) is 0 Å². The number of benzene rings is 1. The first kappa shape index (κ1) is 7.53. The van der Waals surface area contributed by atoms with Crippen molar-refractivity contribution >= 4 is 5.91 Å².